The number of rotatable bonds is 1. The highest BCUT2D eigenvalue weighted by molar-refractivity contribution is 7.81. The van der Waals surface area contributed by atoms with E-state index < -0.39 is 11.7 Å². The molecule has 70 valence electrons. The summed E-state index contributed by atoms with van der Waals surface area (Å²) < 4.78 is 13.3. The highest BCUT2D eigenvalue weighted by Gasteiger charge is 2.28. The predicted molar refractivity (Wildman–Crippen MR) is 55.2 cm³/mol. The molecule has 1 aliphatic rings. The molecule has 0 spiro atoms. The van der Waals surface area contributed by atoms with Crippen LogP contribution < -0.4 is 5.32 Å². The summed E-state index contributed by atoms with van der Waals surface area (Å²) in [4.78, 5) is 11.1. The summed E-state index contributed by atoms with van der Waals surface area (Å²) in [6.45, 7) is 0. The first-order valence-corrected chi connectivity index (χ1v) is 4.42. The smallest absolute Gasteiger partial charge is 0.285 e. The zero-order valence-corrected chi connectivity index (χ0v) is 7.90. The molecule has 4 heteroatoms. The first-order valence-electron chi connectivity index (χ1n) is 4.01. The standard InChI is InChI=1S/C10H6FNOS/c11-8-7(10(14)12-9(8)13)6-4-2-1-3-5-6/h1-5H,(H,12,13,14). The van der Waals surface area contributed by atoms with Crippen LogP contribution in [0.4, 0.5) is 4.39 Å². The van der Waals surface area contributed by atoms with E-state index >= 15 is 0 Å². The molecule has 0 fully saturated rings. The van der Waals surface area contributed by atoms with Crippen molar-refractivity contribution in [2.45, 2.75) is 0 Å². The van der Waals surface area contributed by atoms with E-state index in [9.17, 15) is 9.18 Å². The van der Waals surface area contributed by atoms with E-state index in [1.165, 1.54) is 0 Å². The molecule has 2 nitrogen and oxygen atoms in total. The Morgan fingerprint density at radius 3 is 2.36 bits per heavy atom. The van der Waals surface area contributed by atoms with Gasteiger partial charge in [0, 0.05) is 0 Å². The van der Waals surface area contributed by atoms with Crippen molar-refractivity contribution in [3.05, 3.63) is 41.7 Å². The quantitative estimate of drug-likeness (QED) is 0.712. The van der Waals surface area contributed by atoms with Gasteiger partial charge in [0.05, 0.1) is 5.57 Å². The molecular formula is C10H6FNOS. The molecule has 1 aromatic carbocycles. The maximum atomic E-state index is 13.3. The van der Waals surface area contributed by atoms with Crippen LogP contribution in [0.1, 0.15) is 5.56 Å². The molecule has 0 atom stereocenters. The molecule has 0 saturated carbocycles. The van der Waals surface area contributed by atoms with Crippen molar-refractivity contribution in [1.29, 1.82) is 0 Å². The van der Waals surface area contributed by atoms with Gasteiger partial charge in [0.15, 0.2) is 5.83 Å². The maximum Gasteiger partial charge on any atom is 0.285 e. The van der Waals surface area contributed by atoms with Gasteiger partial charge in [-0.15, -0.1) is 0 Å². The number of thiocarbonyl (C=S) groups is 1. The van der Waals surface area contributed by atoms with Gasteiger partial charge in [0.2, 0.25) is 0 Å². The SMILES string of the molecule is O=C1NC(=S)C(c2ccccc2)=C1F. The summed E-state index contributed by atoms with van der Waals surface area (Å²) in [5.74, 6) is -1.56. The Hall–Kier alpha value is -1.55. The van der Waals surface area contributed by atoms with E-state index in [1.54, 1.807) is 24.3 Å². The Balaban J connectivity index is 2.54. The summed E-state index contributed by atoms with van der Waals surface area (Å²) in [5, 5.41) is 2.26. The van der Waals surface area contributed by atoms with E-state index in [2.05, 4.69) is 5.32 Å². The third-order valence-corrected chi connectivity index (χ3v) is 2.24. The van der Waals surface area contributed by atoms with Crippen LogP contribution in [0, 0.1) is 0 Å². The number of carbonyl (C=O) groups excluding carboxylic acids is 1. The molecule has 2 rings (SSSR count). The van der Waals surface area contributed by atoms with Crippen molar-refractivity contribution in [2.75, 3.05) is 0 Å². The Bertz CT molecular complexity index is 439. The van der Waals surface area contributed by atoms with Gasteiger partial charge in [-0.05, 0) is 5.56 Å². The van der Waals surface area contributed by atoms with Gasteiger partial charge < -0.3 is 5.32 Å². The van der Waals surface area contributed by atoms with Crippen LogP contribution in [0.2, 0.25) is 0 Å². The first kappa shape index (κ1) is 9.02. The molecular weight excluding hydrogens is 201 g/mol. The van der Waals surface area contributed by atoms with Crippen molar-refractivity contribution in [3.8, 4) is 0 Å². The summed E-state index contributed by atoms with van der Waals surface area (Å²) in [6, 6.07) is 8.76. The van der Waals surface area contributed by atoms with Crippen LogP contribution in [-0.4, -0.2) is 10.9 Å². The molecule has 1 N–H and O–H groups in total. The van der Waals surface area contributed by atoms with E-state index in [-0.39, 0.29) is 10.6 Å². The Kier molecular flexibility index (Phi) is 2.13. The predicted octanol–water partition coefficient (Wildman–Crippen LogP) is 1.82. The normalized spacial score (nSPS) is 16.1. The fourth-order valence-corrected chi connectivity index (χ4v) is 1.60. The second kappa shape index (κ2) is 3.31. The molecule has 1 aromatic rings. The minimum absolute atomic E-state index is 0.152. The van der Waals surface area contributed by atoms with Crippen molar-refractivity contribution >= 4 is 28.7 Å². The average Bonchev–Trinajstić information content (AvgIpc) is 2.43. The summed E-state index contributed by atoms with van der Waals surface area (Å²) in [6.07, 6.45) is 0. The minimum Gasteiger partial charge on any atom is -0.310 e. The molecule has 0 aromatic heterocycles. The lowest BCUT2D eigenvalue weighted by Crippen LogP contribution is -2.20. The molecule has 1 aliphatic heterocycles. The van der Waals surface area contributed by atoms with E-state index in [1.807, 2.05) is 6.07 Å². The third kappa shape index (κ3) is 1.33. The van der Waals surface area contributed by atoms with Crippen molar-refractivity contribution in [1.82, 2.24) is 5.32 Å². The topological polar surface area (TPSA) is 29.1 Å². The van der Waals surface area contributed by atoms with Gasteiger partial charge in [-0.1, -0.05) is 42.5 Å². The van der Waals surface area contributed by atoms with Gasteiger partial charge >= 0.3 is 0 Å². The number of nitrogens with one attached hydrogen (secondary N) is 1. The fourth-order valence-electron chi connectivity index (χ4n) is 1.30. The molecule has 0 saturated heterocycles. The molecule has 1 heterocycles. The van der Waals surface area contributed by atoms with Crippen LogP contribution in [0.15, 0.2) is 36.2 Å². The molecule has 1 amide bonds. The van der Waals surface area contributed by atoms with E-state index in [4.69, 9.17) is 12.2 Å². The molecule has 0 radical (unpaired) electrons. The van der Waals surface area contributed by atoms with Crippen LogP contribution in [-0.2, 0) is 4.79 Å². The summed E-state index contributed by atoms with van der Waals surface area (Å²) >= 11 is 4.85. The Labute approximate surface area is 85.4 Å². The molecule has 0 aliphatic carbocycles. The number of hydrogen-bond acceptors (Lipinski definition) is 2. The van der Waals surface area contributed by atoms with Crippen molar-refractivity contribution in [3.63, 3.8) is 0 Å². The van der Waals surface area contributed by atoms with Gasteiger partial charge in [-0.25, -0.2) is 4.39 Å². The monoisotopic (exact) mass is 207 g/mol. The highest BCUT2D eigenvalue weighted by Crippen LogP contribution is 2.25. The number of amides is 1. The minimum atomic E-state index is -0.804. The fraction of sp³-hybridized carbons (Fsp3) is 0. The van der Waals surface area contributed by atoms with Crippen molar-refractivity contribution in [2.24, 2.45) is 0 Å². The summed E-state index contributed by atoms with van der Waals surface area (Å²) in [7, 11) is 0. The molecule has 14 heavy (non-hydrogen) atoms. The molecule has 0 bridgehead atoms. The lowest BCUT2D eigenvalue weighted by atomic mass is 10.1. The van der Waals surface area contributed by atoms with Crippen molar-refractivity contribution < 1.29 is 9.18 Å². The van der Waals surface area contributed by atoms with Gasteiger partial charge in [-0.3, -0.25) is 4.79 Å². The second-order valence-corrected chi connectivity index (χ2v) is 3.25. The van der Waals surface area contributed by atoms with Gasteiger partial charge in [-0.2, -0.15) is 0 Å². The van der Waals surface area contributed by atoms with E-state index in [0.717, 1.165) is 0 Å². The largest absolute Gasteiger partial charge is 0.310 e. The van der Waals surface area contributed by atoms with Gasteiger partial charge in [0.1, 0.15) is 4.99 Å². The average molecular weight is 207 g/mol. The maximum absolute atomic E-state index is 13.3. The second-order valence-electron chi connectivity index (χ2n) is 2.84. The van der Waals surface area contributed by atoms with Crippen LogP contribution in [0.5, 0.6) is 0 Å². The van der Waals surface area contributed by atoms with E-state index in [0.29, 0.717) is 5.56 Å². The Morgan fingerprint density at radius 2 is 1.86 bits per heavy atom. The lowest BCUT2D eigenvalue weighted by molar-refractivity contribution is -0.117. The Morgan fingerprint density at radius 1 is 1.21 bits per heavy atom. The van der Waals surface area contributed by atoms with Crippen LogP contribution in [0.25, 0.3) is 5.57 Å². The zero-order chi connectivity index (χ0) is 10.1. The lowest BCUT2D eigenvalue weighted by Gasteiger charge is -2.00. The molecule has 0 unspecified atom stereocenters. The number of halogens is 1. The zero-order valence-electron chi connectivity index (χ0n) is 7.08. The first-order chi connectivity index (χ1) is 6.70. The summed E-state index contributed by atoms with van der Waals surface area (Å²) in [5.41, 5.74) is 0.805. The van der Waals surface area contributed by atoms with Crippen LogP contribution in [0.3, 0.4) is 0 Å². The number of carbonyl (C=O) groups is 1. The third-order valence-electron chi connectivity index (χ3n) is 1.94. The van der Waals surface area contributed by atoms with Crippen LogP contribution >= 0.6 is 12.2 Å². The number of benzene rings is 1. The number of hydrogen-bond donors (Lipinski definition) is 1. The highest BCUT2D eigenvalue weighted by atomic mass is 32.1. The van der Waals surface area contributed by atoms with Gasteiger partial charge in [0.25, 0.3) is 5.91 Å².